The molecule has 2 heteroatoms. The van der Waals surface area contributed by atoms with Crippen LogP contribution in [-0.2, 0) is 0 Å². The van der Waals surface area contributed by atoms with Gasteiger partial charge in [-0.25, -0.2) is 0 Å². The predicted molar refractivity (Wildman–Crippen MR) is 60.3 cm³/mol. The van der Waals surface area contributed by atoms with E-state index in [9.17, 15) is 0 Å². The molecule has 82 valence electrons. The lowest BCUT2D eigenvalue weighted by Crippen LogP contribution is -2.51. The van der Waals surface area contributed by atoms with Crippen LogP contribution in [0.15, 0.2) is 0 Å². The van der Waals surface area contributed by atoms with Gasteiger partial charge >= 0.3 is 0 Å². The number of rotatable bonds is 2. The van der Waals surface area contributed by atoms with Gasteiger partial charge in [-0.3, -0.25) is 4.90 Å². The summed E-state index contributed by atoms with van der Waals surface area (Å²) in [5.41, 5.74) is 6.21. The maximum absolute atomic E-state index is 6.21. The van der Waals surface area contributed by atoms with E-state index in [-0.39, 0.29) is 0 Å². The minimum Gasteiger partial charge on any atom is -0.326 e. The highest BCUT2D eigenvalue weighted by atomic mass is 15.2. The Bertz CT molecular complexity index is 175. The van der Waals surface area contributed by atoms with Crippen LogP contribution in [0.1, 0.15) is 51.4 Å². The summed E-state index contributed by atoms with van der Waals surface area (Å²) in [7, 11) is 2.30. The summed E-state index contributed by atoms with van der Waals surface area (Å²) >= 11 is 0. The van der Waals surface area contributed by atoms with Crippen LogP contribution in [0.4, 0.5) is 0 Å². The normalized spacial score (nSPS) is 35.4. The summed E-state index contributed by atoms with van der Waals surface area (Å²) in [5, 5.41) is 0. The Kier molecular flexibility index (Phi) is 3.45. The third-order valence-corrected chi connectivity index (χ3v) is 4.21. The molecule has 0 aromatic rings. The van der Waals surface area contributed by atoms with Crippen molar-refractivity contribution in [2.24, 2.45) is 5.73 Å². The standard InChI is InChI=1S/C12H24N2/c1-14(10-6-2-3-7-10)12-9-5-4-8-11(12)13/h10-12H,2-9,13H2,1H3. The zero-order valence-electron chi connectivity index (χ0n) is 9.41. The number of hydrogen-bond acceptors (Lipinski definition) is 2. The fourth-order valence-corrected chi connectivity index (χ4v) is 3.23. The maximum atomic E-state index is 6.21. The van der Waals surface area contributed by atoms with Crippen LogP contribution in [0, 0.1) is 0 Å². The highest BCUT2D eigenvalue weighted by Gasteiger charge is 2.30. The largest absolute Gasteiger partial charge is 0.326 e. The summed E-state index contributed by atoms with van der Waals surface area (Å²) in [6, 6.07) is 1.95. The van der Waals surface area contributed by atoms with E-state index in [0.29, 0.717) is 12.1 Å². The van der Waals surface area contributed by atoms with E-state index < -0.39 is 0 Å². The summed E-state index contributed by atoms with van der Waals surface area (Å²) in [6.07, 6.45) is 11.0. The van der Waals surface area contributed by atoms with E-state index in [1.165, 1.54) is 51.4 Å². The Labute approximate surface area is 87.8 Å². The highest BCUT2D eigenvalue weighted by Crippen LogP contribution is 2.28. The molecule has 0 heterocycles. The van der Waals surface area contributed by atoms with Gasteiger partial charge in [0.25, 0.3) is 0 Å². The first-order chi connectivity index (χ1) is 6.79. The molecule has 14 heavy (non-hydrogen) atoms. The lowest BCUT2D eigenvalue weighted by Gasteiger charge is -2.39. The zero-order chi connectivity index (χ0) is 9.97. The molecular weight excluding hydrogens is 172 g/mol. The Morgan fingerprint density at radius 2 is 1.50 bits per heavy atom. The van der Waals surface area contributed by atoms with E-state index in [1.807, 2.05) is 0 Å². The summed E-state index contributed by atoms with van der Waals surface area (Å²) in [5.74, 6) is 0. The van der Waals surface area contributed by atoms with Crippen molar-refractivity contribution < 1.29 is 0 Å². The Morgan fingerprint density at radius 1 is 0.929 bits per heavy atom. The summed E-state index contributed by atoms with van der Waals surface area (Å²) in [6.45, 7) is 0. The third kappa shape index (κ3) is 2.12. The average Bonchev–Trinajstić information content (AvgIpc) is 2.70. The van der Waals surface area contributed by atoms with Gasteiger partial charge in [0.05, 0.1) is 0 Å². The van der Waals surface area contributed by atoms with Crippen molar-refractivity contribution in [2.45, 2.75) is 69.5 Å². The molecule has 2 unspecified atom stereocenters. The molecule has 0 spiro atoms. The lowest BCUT2D eigenvalue weighted by molar-refractivity contribution is 0.122. The first kappa shape index (κ1) is 10.4. The van der Waals surface area contributed by atoms with Crippen molar-refractivity contribution in [3.63, 3.8) is 0 Å². The van der Waals surface area contributed by atoms with Crippen molar-refractivity contribution in [3.05, 3.63) is 0 Å². The van der Waals surface area contributed by atoms with Crippen molar-refractivity contribution >= 4 is 0 Å². The first-order valence-electron chi connectivity index (χ1n) is 6.26. The number of hydrogen-bond donors (Lipinski definition) is 1. The molecule has 2 rings (SSSR count). The molecule has 2 atom stereocenters. The minimum absolute atomic E-state index is 0.439. The van der Waals surface area contributed by atoms with E-state index in [2.05, 4.69) is 11.9 Å². The van der Waals surface area contributed by atoms with Gasteiger partial charge < -0.3 is 5.73 Å². The van der Waals surface area contributed by atoms with Crippen molar-refractivity contribution in [3.8, 4) is 0 Å². The smallest absolute Gasteiger partial charge is 0.0247 e. The Morgan fingerprint density at radius 3 is 2.14 bits per heavy atom. The van der Waals surface area contributed by atoms with Gasteiger partial charge in [-0.05, 0) is 32.7 Å². The van der Waals surface area contributed by atoms with Gasteiger partial charge in [-0.2, -0.15) is 0 Å². The third-order valence-electron chi connectivity index (χ3n) is 4.21. The van der Waals surface area contributed by atoms with E-state index in [0.717, 1.165) is 6.04 Å². The summed E-state index contributed by atoms with van der Waals surface area (Å²) < 4.78 is 0. The molecule has 2 nitrogen and oxygen atoms in total. The highest BCUT2D eigenvalue weighted by molar-refractivity contribution is 4.88. The molecule has 0 bridgehead atoms. The molecule has 0 radical (unpaired) electrons. The Hall–Kier alpha value is -0.0800. The van der Waals surface area contributed by atoms with E-state index in [4.69, 9.17) is 5.73 Å². The molecule has 2 aliphatic carbocycles. The molecule has 0 amide bonds. The Balaban J connectivity index is 1.91. The molecule has 2 fully saturated rings. The van der Waals surface area contributed by atoms with Gasteiger partial charge in [-0.1, -0.05) is 25.7 Å². The quantitative estimate of drug-likeness (QED) is 0.733. The number of nitrogens with two attached hydrogens (primary N) is 1. The van der Waals surface area contributed by atoms with Crippen LogP contribution in [0.2, 0.25) is 0 Å². The van der Waals surface area contributed by atoms with Crippen LogP contribution in [-0.4, -0.2) is 30.1 Å². The molecule has 0 saturated heterocycles. The van der Waals surface area contributed by atoms with Gasteiger partial charge in [-0.15, -0.1) is 0 Å². The second kappa shape index (κ2) is 4.63. The predicted octanol–water partition coefficient (Wildman–Crippen LogP) is 2.13. The minimum atomic E-state index is 0.439. The second-order valence-corrected chi connectivity index (χ2v) is 5.12. The monoisotopic (exact) mass is 196 g/mol. The molecule has 0 aliphatic heterocycles. The molecule has 2 aliphatic rings. The van der Waals surface area contributed by atoms with Crippen LogP contribution in [0.25, 0.3) is 0 Å². The first-order valence-corrected chi connectivity index (χ1v) is 6.26. The van der Waals surface area contributed by atoms with Crippen LogP contribution < -0.4 is 5.73 Å². The molecule has 2 saturated carbocycles. The van der Waals surface area contributed by atoms with Gasteiger partial charge in [0.2, 0.25) is 0 Å². The second-order valence-electron chi connectivity index (χ2n) is 5.12. The van der Waals surface area contributed by atoms with Gasteiger partial charge in [0.1, 0.15) is 0 Å². The topological polar surface area (TPSA) is 29.3 Å². The van der Waals surface area contributed by atoms with Gasteiger partial charge in [0, 0.05) is 18.1 Å². The maximum Gasteiger partial charge on any atom is 0.0247 e. The van der Waals surface area contributed by atoms with Crippen molar-refractivity contribution in [1.29, 1.82) is 0 Å². The fourth-order valence-electron chi connectivity index (χ4n) is 3.23. The molecule has 0 aromatic heterocycles. The van der Waals surface area contributed by atoms with E-state index >= 15 is 0 Å². The van der Waals surface area contributed by atoms with Crippen LogP contribution >= 0.6 is 0 Å². The van der Waals surface area contributed by atoms with Crippen LogP contribution in [0.5, 0.6) is 0 Å². The van der Waals surface area contributed by atoms with Gasteiger partial charge in [0.15, 0.2) is 0 Å². The summed E-state index contributed by atoms with van der Waals surface area (Å²) in [4.78, 5) is 2.59. The lowest BCUT2D eigenvalue weighted by atomic mass is 9.89. The van der Waals surface area contributed by atoms with Crippen molar-refractivity contribution in [2.75, 3.05) is 7.05 Å². The zero-order valence-corrected chi connectivity index (χ0v) is 9.41. The molecule has 0 aromatic carbocycles. The average molecular weight is 196 g/mol. The number of likely N-dealkylation sites (N-methyl/N-ethyl adjacent to an activating group) is 1. The van der Waals surface area contributed by atoms with Crippen molar-refractivity contribution in [1.82, 2.24) is 4.90 Å². The van der Waals surface area contributed by atoms with Crippen LogP contribution in [0.3, 0.4) is 0 Å². The SMILES string of the molecule is CN(C1CCCC1)C1CCCCC1N. The molecule has 2 N–H and O–H groups in total. The van der Waals surface area contributed by atoms with E-state index in [1.54, 1.807) is 0 Å². The number of nitrogens with zero attached hydrogens (tertiary/aromatic N) is 1. The fraction of sp³-hybridized carbons (Fsp3) is 1.00. The molecular formula is C12H24N2.